The molecule has 138 valence electrons. The van der Waals surface area contributed by atoms with Gasteiger partial charge in [-0.25, -0.2) is 13.9 Å². The lowest BCUT2D eigenvalue weighted by Gasteiger charge is -2.17. The van der Waals surface area contributed by atoms with Crippen molar-refractivity contribution in [1.82, 2.24) is 0 Å². The fourth-order valence-corrected chi connectivity index (χ4v) is 2.56. The number of nitrogens with one attached hydrogen (secondary N) is 1. The Labute approximate surface area is 170 Å². The van der Waals surface area contributed by atoms with Crippen molar-refractivity contribution in [3.8, 4) is 5.75 Å². The second-order valence-electron chi connectivity index (χ2n) is 5.23. The Balaban J connectivity index is 1.64. The first-order valence-electron chi connectivity index (χ1n) is 7.55. The second-order valence-corrected chi connectivity index (χ2v) is 6.45. The summed E-state index contributed by atoms with van der Waals surface area (Å²) in [4.78, 5) is 24.1. The summed E-state index contributed by atoms with van der Waals surface area (Å²) in [5.74, 6) is -0.226. The summed E-state index contributed by atoms with van der Waals surface area (Å²) in [5.41, 5.74) is 0.936. The van der Waals surface area contributed by atoms with Gasteiger partial charge in [0.05, 0.1) is 22.0 Å². The van der Waals surface area contributed by atoms with Gasteiger partial charge in [0, 0.05) is 5.69 Å². The number of esters is 1. The lowest BCUT2D eigenvalue weighted by molar-refractivity contribution is 0.0701. The van der Waals surface area contributed by atoms with Gasteiger partial charge in [-0.05, 0) is 54.6 Å². The Bertz CT molecular complexity index is 962. The van der Waals surface area contributed by atoms with E-state index in [9.17, 15) is 9.59 Å². The maximum absolute atomic E-state index is 12.3. The molecule has 0 radical (unpaired) electrons. The molecule has 0 saturated carbocycles. The van der Waals surface area contributed by atoms with Crippen LogP contribution in [0.25, 0.3) is 0 Å². The number of halogens is 2. The van der Waals surface area contributed by atoms with E-state index >= 15 is 0 Å². The summed E-state index contributed by atoms with van der Waals surface area (Å²) >= 11 is 16.0. The number of hydrogen-bond acceptors (Lipinski definition) is 5. The summed E-state index contributed by atoms with van der Waals surface area (Å²) < 4.78 is 11.2. The summed E-state index contributed by atoms with van der Waals surface area (Å²) in [6.45, 7) is 0. The maximum Gasteiger partial charge on any atom is 0.379 e. The number of furan rings is 1. The molecule has 0 aliphatic heterocycles. The summed E-state index contributed by atoms with van der Waals surface area (Å²) in [6, 6.07) is 13.5. The molecule has 0 aliphatic carbocycles. The van der Waals surface area contributed by atoms with E-state index in [4.69, 9.17) is 32.4 Å². The summed E-state index contributed by atoms with van der Waals surface area (Å²) in [7, 11) is 0. The summed E-state index contributed by atoms with van der Waals surface area (Å²) in [6.07, 6.45) is 1.38. The number of rotatable bonds is 4. The minimum absolute atomic E-state index is 0.0934. The number of anilines is 2. The van der Waals surface area contributed by atoms with Crippen molar-refractivity contribution in [2.75, 3.05) is 9.62 Å². The quantitative estimate of drug-likeness (QED) is 0.321. The zero-order valence-corrected chi connectivity index (χ0v) is 16.0. The van der Waals surface area contributed by atoms with Gasteiger partial charge in [0.25, 0.3) is 0 Å². The third-order valence-corrected chi connectivity index (χ3v) is 4.53. The number of amides is 2. The van der Waals surface area contributed by atoms with E-state index in [1.807, 2.05) is 0 Å². The molecule has 1 aromatic heterocycles. The first kappa shape index (κ1) is 19.2. The van der Waals surface area contributed by atoms with Crippen molar-refractivity contribution in [2.45, 2.75) is 0 Å². The van der Waals surface area contributed by atoms with E-state index in [0.29, 0.717) is 27.2 Å². The molecule has 0 aliphatic rings. The molecule has 3 rings (SSSR count). The molecule has 0 fully saturated rings. The van der Waals surface area contributed by atoms with Gasteiger partial charge in [-0.3, -0.25) is 0 Å². The highest BCUT2D eigenvalue weighted by Crippen LogP contribution is 2.26. The molecule has 3 aromatic rings. The maximum atomic E-state index is 12.3. The number of ether oxygens (including phenoxy) is 1. The SMILES string of the molecule is O=C(Oc1ccc(N(S)C(=O)Nc2ccc(Cl)c(Cl)c2)cc1)c1ccco1. The lowest BCUT2D eigenvalue weighted by Crippen LogP contribution is -2.26. The highest BCUT2D eigenvalue weighted by atomic mass is 35.5. The van der Waals surface area contributed by atoms with Crippen LogP contribution in [0.15, 0.2) is 65.3 Å². The zero-order chi connectivity index (χ0) is 19.4. The van der Waals surface area contributed by atoms with Gasteiger partial charge in [0.2, 0.25) is 5.76 Å². The Hall–Kier alpha value is -2.61. The first-order valence-corrected chi connectivity index (χ1v) is 8.70. The molecule has 0 atom stereocenters. The lowest BCUT2D eigenvalue weighted by atomic mass is 10.3. The van der Waals surface area contributed by atoms with E-state index in [1.54, 1.807) is 30.3 Å². The Morgan fingerprint density at radius 3 is 2.41 bits per heavy atom. The third-order valence-electron chi connectivity index (χ3n) is 3.38. The van der Waals surface area contributed by atoms with E-state index in [2.05, 4.69) is 18.1 Å². The van der Waals surface area contributed by atoms with Crippen LogP contribution < -0.4 is 14.4 Å². The van der Waals surface area contributed by atoms with Crippen LogP contribution in [0, 0.1) is 0 Å². The standard InChI is InChI=1S/C18H12Cl2N2O4S/c19-14-8-3-11(10-15(14)20)21-18(24)22(27)12-4-6-13(7-5-12)26-17(23)16-2-1-9-25-16/h1-10,27H,(H,21,24). The fraction of sp³-hybridized carbons (Fsp3) is 0. The third kappa shape index (κ3) is 4.77. The van der Waals surface area contributed by atoms with Crippen LogP contribution in [0.4, 0.5) is 16.2 Å². The number of thiol groups is 1. The van der Waals surface area contributed by atoms with E-state index in [-0.39, 0.29) is 5.76 Å². The van der Waals surface area contributed by atoms with Gasteiger partial charge in [-0.15, -0.1) is 0 Å². The molecule has 27 heavy (non-hydrogen) atoms. The monoisotopic (exact) mass is 422 g/mol. The molecule has 0 spiro atoms. The fourth-order valence-electron chi connectivity index (χ4n) is 2.07. The Morgan fingerprint density at radius 1 is 1.04 bits per heavy atom. The Morgan fingerprint density at radius 2 is 1.78 bits per heavy atom. The highest BCUT2D eigenvalue weighted by Gasteiger charge is 2.15. The molecule has 9 heteroatoms. The average Bonchev–Trinajstić information content (AvgIpc) is 3.20. The van der Waals surface area contributed by atoms with Crippen LogP contribution >= 0.6 is 36.0 Å². The average molecular weight is 423 g/mol. The number of urea groups is 1. The smallest absolute Gasteiger partial charge is 0.379 e. The molecule has 0 unspecified atom stereocenters. The molecule has 0 saturated heterocycles. The van der Waals surface area contributed by atoms with E-state index in [1.165, 1.54) is 30.5 Å². The van der Waals surface area contributed by atoms with Crippen molar-refractivity contribution in [3.63, 3.8) is 0 Å². The molecule has 1 heterocycles. The number of carbonyl (C=O) groups excluding carboxylic acids is 2. The first-order chi connectivity index (χ1) is 12.9. The molecular weight excluding hydrogens is 411 g/mol. The minimum Gasteiger partial charge on any atom is -0.457 e. The van der Waals surface area contributed by atoms with Crippen LogP contribution in [-0.4, -0.2) is 12.0 Å². The van der Waals surface area contributed by atoms with Crippen LogP contribution in [0.3, 0.4) is 0 Å². The minimum atomic E-state index is -0.618. The molecule has 2 amide bonds. The molecule has 6 nitrogen and oxygen atoms in total. The van der Waals surface area contributed by atoms with Crippen LogP contribution in [-0.2, 0) is 0 Å². The van der Waals surface area contributed by atoms with Gasteiger partial charge in [0.15, 0.2) is 0 Å². The summed E-state index contributed by atoms with van der Waals surface area (Å²) in [5, 5.41) is 3.35. The zero-order valence-electron chi connectivity index (χ0n) is 13.6. The van der Waals surface area contributed by atoms with Gasteiger partial charge in [-0.2, -0.15) is 0 Å². The van der Waals surface area contributed by atoms with E-state index < -0.39 is 12.0 Å². The van der Waals surface area contributed by atoms with Crippen molar-refractivity contribution < 1.29 is 18.7 Å². The van der Waals surface area contributed by atoms with Crippen molar-refractivity contribution >= 4 is 59.4 Å². The Kier molecular flexibility index (Phi) is 5.95. The molecule has 2 aromatic carbocycles. The topological polar surface area (TPSA) is 71.8 Å². The van der Waals surface area contributed by atoms with Crippen molar-refractivity contribution in [1.29, 1.82) is 0 Å². The van der Waals surface area contributed by atoms with Crippen LogP contribution in [0.5, 0.6) is 5.75 Å². The predicted molar refractivity (Wildman–Crippen MR) is 107 cm³/mol. The normalized spacial score (nSPS) is 10.3. The number of nitrogens with zero attached hydrogens (tertiary/aromatic N) is 1. The number of carbonyl (C=O) groups is 2. The van der Waals surface area contributed by atoms with Gasteiger partial charge >= 0.3 is 12.0 Å². The van der Waals surface area contributed by atoms with Crippen LogP contribution in [0.2, 0.25) is 10.0 Å². The van der Waals surface area contributed by atoms with Gasteiger partial charge in [-0.1, -0.05) is 36.0 Å². The van der Waals surface area contributed by atoms with Crippen molar-refractivity contribution in [3.05, 3.63) is 76.7 Å². The van der Waals surface area contributed by atoms with Crippen molar-refractivity contribution in [2.24, 2.45) is 0 Å². The second kappa shape index (κ2) is 8.39. The predicted octanol–water partition coefficient (Wildman–Crippen LogP) is 5.69. The molecule has 1 N–H and O–H groups in total. The number of hydrogen-bond donors (Lipinski definition) is 2. The number of benzene rings is 2. The van der Waals surface area contributed by atoms with Gasteiger partial charge < -0.3 is 14.5 Å². The van der Waals surface area contributed by atoms with Crippen LogP contribution in [0.1, 0.15) is 10.6 Å². The van der Waals surface area contributed by atoms with E-state index in [0.717, 1.165) is 4.31 Å². The van der Waals surface area contributed by atoms with Gasteiger partial charge in [0.1, 0.15) is 5.75 Å². The highest BCUT2D eigenvalue weighted by molar-refractivity contribution is 7.82. The molecule has 0 bridgehead atoms. The molecular formula is C18H12Cl2N2O4S. The largest absolute Gasteiger partial charge is 0.457 e.